The molecule has 0 atom stereocenters. The minimum atomic E-state index is 0.483. The molecular formula is C14H17N5. The Morgan fingerprint density at radius 1 is 1.16 bits per heavy atom. The fourth-order valence-electron chi connectivity index (χ4n) is 2.71. The van der Waals surface area contributed by atoms with Crippen LogP contribution < -0.4 is 4.90 Å². The highest BCUT2D eigenvalue weighted by molar-refractivity contribution is 5.41. The molecule has 5 heteroatoms. The maximum atomic E-state index is 4.72. The van der Waals surface area contributed by atoms with Gasteiger partial charge in [0.05, 0.1) is 6.04 Å². The van der Waals surface area contributed by atoms with Gasteiger partial charge in [0.2, 0.25) is 0 Å². The van der Waals surface area contributed by atoms with Gasteiger partial charge < -0.3 is 4.90 Å². The van der Waals surface area contributed by atoms with Crippen molar-refractivity contribution in [3.8, 4) is 0 Å². The molecule has 0 unspecified atom stereocenters. The standard InChI is InChI=1S/C14H17N5/c1-3-11(4-1)14-15-7-5-13(17-14)18-9-12(10-18)19-8-2-6-16-19/h2,5-8,11-12H,1,3-4,9-10H2. The van der Waals surface area contributed by atoms with Gasteiger partial charge in [-0.15, -0.1) is 0 Å². The van der Waals surface area contributed by atoms with Gasteiger partial charge >= 0.3 is 0 Å². The lowest BCUT2D eigenvalue weighted by Crippen LogP contribution is -2.48. The van der Waals surface area contributed by atoms with E-state index in [0.717, 1.165) is 24.7 Å². The number of hydrogen-bond acceptors (Lipinski definition) is 4. The first-order valence-corrected chi connectivity index (χ1v) is 6.97. The van der Waals surface area contributed by atoms with Gasteiger partial charge in [0, 0.05) is 37.6 Å². The summed E-state index contributed by atoms with van der Waals surface area (Å²) in [4.78, 5) is 11.4. The van der Waals surface area contributed by atoms with Crippen LogP contribution in [0.3, 0.4) is 0 Å². The van der Waals surface area contributed by atoms with Crippen molar-refractivity contribution in [1.29, 1.82) is 0 Å². The summed E-state index contributed by atoms with van der Waals surface area (Å²) in [5, 5.41) is 4.29. The Morgan fingerprint density at radius 3 is 2.74 bits per heavy atom. The largest absolute Gasteiger partial charge is 0.352 e. The molecule has 2 fully saturated rings. The summed E-state index contributed by atoms with van der Waals surface area (Å²) in [7, 11) is 0. The van der Waals surface area contributed by atoms with E-state index >= 15 is 0 Å². The Hall–Kier alpha value is -1.91. The molecule has 1 aliphatic heterocycles. The average Bonchev–Trinajstić information content (AvgIpc) is 2.79. The molecule has 0 radical (unpaired) electrons. The topological polar surface area (TPSA) is 46.8 Å². The second-order valence-corrected chi connectivity index (χ2v) is 5.45. The molecule has 2 aliphatic rings. The second-order valence-electron chi connectivity index (χ2n) is 5.45. The van der Waals surface area contributed by atoms with Crippen molar-refractivity contribution in [1.82, 2.24) is 19.7 Å². The van der Waals surface area contributed by atoms with Crippen LogP contribution in [0.4, 0.5) is 5.82 Å². The maximum absolute atomic E-state index is 4.72. The quantitative estimate of drug-likeness (QED) is 0.841. The lowest BCUT2D eigenvalue weighted by atomic mass is 9.85. The number of rotatable bonds is 3. The molecule has 4 rings (SSSR count). The first-order chi connectivity index (χ1) is 9.40. The van der Waals surface area contributed by atoms with Crippen molar-refractivity contribution in [2.45, 2.75) is 31.2 Å². The average molecular weight is 255 g/mol. The summed E-state index contributed by atoms with van der Waals surface area (Å²) < 4.78 is 2.03. The third kappa shape index (κ3) is 1.89. The second kappa shape index (κ2) is 4.33. The predicted octanol–water partition coefficient (Wildman–Crippen LogP) is 2.00. The Labute approximate surface area is 112 Å². The first-order valence-electron chi connectivity index (χ1n) is 6.97. The molecule has 0 aromatic carbocycles. The van der Waals surface area contributed by atoms with E-state index in [1.165, 1.54) is 19.3 Å². The summed E-state index contributed by atoms with van der Waals surface area (Å²) in [6.45, 7) is 1.98. The molecule has 0 N–H and O–H groups in total. The summed E-state index contributed by atoms with van der Waals surface area (Å²) in [5.41, 5.74) is 0. The molecule has 2 aromatic heterocycles. The molecule has 2 aromatic rings. The van der Waals surface area contributed by atoms with Crippen molar-refractivity contribution >= 4 is 5.82 Å². The molecule has 0 amide bonds. The molecule has 0 bridgehead atoms. The zero-order valence-electron chi connectivity index (χ0n) is 10.8. The van der Waals surface area contributed by atoms with E-state index < -0.39 is 0 Å². The van der Waals surface area contributed by atoms with E-state index in [4.69, 9.17) is 4.98 Å². The molecule has 1 saturated heterocycles. The fourth-order valence-corrected chi connectivity index (χ4v) is 2.71. The van der Waals surface area contributed by atoms with E-state index in [9.17, 15) is 0 Å². The van der Waals surface area contributed by atoms with Gasteiger partial charge in [-0.1, -0.05) is 6.42 Å². The third-order valence-corrected chi connectivity index (χ3v) is 4.22. The maximum Gasteiger partial charge on any atom is 0.133 e. The molecule has 3 heterocycles. The van der Waals surface area contributed by atoms with Gasteiger partial charge in [-0.2, -0.15) is 5.10 Å². The first kappa shape index (κ1) is 11.0. The van der Waals surface area contributed by atoms with Crippen LogP contribution in [0, 0.1) is 0 Å². The lowest BCUT2D eigenvalue weighted by Gasteiger charge is -2.40. The van der Waals surface area contributed by atoms with Crippen molar-refractivity contribution in [2.24, 2.45) is 0 Å². The fraction of sp³-hybridized carbons (Fsp3) is 0.500. The van der Waals surface area contributed by atoms with Crippen LogP contribution in [0.15, 0.2) is 30.7 Å². The molecule has 0 spiro atoms. The zero-order valence-corrected chi connectivity index (χ0v) is 10.8. The van der Waals surface area contributed by atoms with Gasteiger partial charge in [0.1, 0.15) is 11.6 Å². The van der Waals surface area contributed by atoms with Crippen LogP contribution in [-0.4, -0.2) is 32.8 Å². The summed E-state index contributed by atoms with van der Waals surface area (Å²) in [6, 6.07) is 4.47. The number of anilines is 1. The molecule has 98 valence electrons. The molecular weight excluding hydrogens is 238 g/mol. The van der Waals surface area contributed by atoms with Crippen LogP contribution >= 0.6 is 0 Å². The summed E-state index contributed by atoms with van der Waals surface area (Å²) in [5.74, 6) is 2.70. The van der Waals surface area contributed by atoms with Crippen LogP contribution in [0.5, 0.6) is 0 Å². The minimum Gasteiger partial charge on any atom is -0.352 e. The smallest absolute Gasteiger partial charge is 0.133 e. The van der Waals surface area contributed by atoms with Crippen molar-refractivity contribution in [2.75, 3.05) is 18.0 Å². The Morgan fingerprint density at radius 2 is 2.05 bits per heavy atom. The highest BCUT2D eigenvalue weighted by Gasteiger charge is 2.30. The molecule has 1 aliphatic carbocycles. The van der Waals surface area contributed by atoms with Crippen molar-refractivity contribution in [3.63, 3.8) is 0 Å². The van der Waals surface area contributed by atoms with Crippen LogP contribution in [0.25, 0.3) is 0 Å². The lowest BCUT2D eigenvalue weighted by molar-refractivity contribution is 0.363. The van der Waals surface area contributed by atoms with E-state index in [0.29, 0.717) is 12.0 Å². The Balaban J connectivity index is 1.46. The minimum absolute atomic E-state index is 0.483. The van der Waals surface area contributed by atoms with Gasteiger partial charge in [-0.25, -0.2) is 9.97 Å². The van der Waals surface area contributed by atoms with Crippen LogP contribution in [0.1, 0.15) is 37.0 Å². The van der Waals surface area contributed by atoms with Crippen molar-refractivity contribution < 1.29 is 0 Å². The Bertz CT molecular complexity index is 555. The molecule has 5 nitrogen and oxygen atoms in total. The normalized spacial score (nSPS) is 20.1. The van der Waals surface area contributed by atoms with E-state index in [1.54, 1.807) is 0 Å². The third-order valence-electron chi connectivity index (χ3n) is 4.22. The molecule has 1 saturated carbocycles. The van der Waals surface area contributed by atoms with E-state index in [-0.39, 0.29) is 0 Å². The zero-order chi connectivity index (χ0) is 12.7. The Kier molecular flexibility index (Phi) is 2.50. The van der Waals surface area contributed by atoms with Gasteiger partial charge in [0.25, 0.3) is 0 Å². The van der Waals surface area contributed by atoms with Gasteiger partial charge in [0.15, 0.2) is 0 Å². The van der Waals surface area contributed by atoms with Gasteiger partial charge in [-0.05, 0) is 25.0 Å². The van der Waals surface area contributed by atoms with E-state index in [2.05, 4.69) is 15.0 Å². The monoisotopic (exact) mass is 255 g/mol. The number of aromatic nitrogens is 4. The predicted molar refractivity (Wildman–Crippen MR) is 72.1 cm³/mol. The number of hydrogen-bond donors (Lipinski definition) is 0. The van der Waals surface area contributed by atoms with Gasteiger partial charge in [-0.3, -0.25) is 4.68 Å². The van der Waals surface area contributed by atoms with Crippen molar-refractivity contribution in [3.05, 3.63) is 36.5 Å². The number of nitrogens with zero attached hydrogens (tertiary/aromatic N) is 5. The SMILES string of the molecule is c1cnn(C2CN(c3ccnc(C4CCC4)n3)C2)c1. The highest BCUT2D eigenvalue weighted by Crippen LogP contribution is 2.35. The van der Waals surface area contributed by atoms with Crippen LogP contribution in [0.2, 0.25) is 0 Å². The summed E-state index contributed by atoms with van der Waals surface area (Å²) in [6.07, 6.45) is 9.59. The molecule has 19 heavy (non-hydrogen) atoms. The van der Waals surface area contributed by atoms with E-state index in [1.807, 2.05) is 35.4 Å². The summed E-state index contributed by atoms with van der Waals surface area (Å²) >= 11 is 0. The van der Waals surface area contributed by atoms with Crippen LogP contribution in [-0.2, 0) is 0 Å². The highest BCUT2D eigenvalue weighted by atomic mass is 15.4.